The van der Waals surface area contributed by atoms with Gasteiger partial charge in [0, 0.05) is 18.7 Å². The molecule has 2 N–H and O–H groups in total. The second-order valence-corrected chi connectivity index (χ2v) is 7.15. The van der Waals surface area contributed by atoms with E-state index in [0.717, 1.165) is 19.5 Å². The third kappa shape index (κ3) is 3.57. The lowest BCUT2D eigenvalue weighted by Gasteiger charge is -2.12. The summed E-state index contributed by atoms with van der Waals surface area (Å²) in [4.78, 5) is 2.26. The number of rotatable bonds is 5. The fourth-order valence-electron chi connectivity index (χ4n) is 2.16. The maximum Gasteiger partial charge on any atom is 0.245 e. The summed E-state index contributed by atoms with van der Waals surface area (Å²) in [7, 11) is 0.214. The van der Waals surface area contributed by atoms with Gasteiger partial charge in [0.05, 0.1) is 6.54 Å². The van der Waals surface area contributed by atoms with Gasteiger partial charge in [-0.1, -0.05) is 0 Å². The molecule has 1 aliphatic rings. The summed E-state index contributed by atoms with van der Waals surface area (Å²) in [5.74, 6) is 0.582. The van der Waals surface area contributed by atoms with Gasteiger partial charge in [-0.25, -0.2) is 13.1 Å². The van der Waals surface area contributed by atoms with Crippen molar-refractivity contribution in [1.82, 2.24) is 14.9 Å². The van der Waals surface area contributed by atoms with Gasteiger partial charge in [-0.2, -0.15) is 0 Å². The molecule has 1 atom stereocenters. The Balaban J connectivity index is 2.14. The number of sulfonamides is 1. The van der Waals surface area contributed by atoms with Crippen molar-refractivity contribution >= 4 is 26.0 Å². The maximum absolute atomic E-state index is 12.3. The van der Waals surface area contributed by atoms with E-state index < -0.39 is 10.0 Å². The van der Waals surface area contributed by atoms with E-state index in [2.05, 4.69) is 30.9 Å². The maximum atomic E-state index is 12.3. The van der Waals surface area contributed by atoms with Gasteiger partial charge in [0.1, 0.15) is 10.7 Å². The number of likely N-dealkylation sites (N-methyl/N-ethyl adjacent to an activating group) is 1. The van der Waals surface area contributed by atoms with Crippen LogP contribution in [0.15, 0.2) is 20.0 Å². The van der Waals surface area contributed by atoms with E-state index in [9.17, 15) is 8.42 Å². The van der Waals surface area contributed by atoms with Crippen molar-refractivity contribution in [2.24, 2.45) is 0 Å². The molecule has 1 aliphatic heterocycles. The van der Waals surface area contributed by atoms with E-state index in [1.165, 1.54) is 0 Å². The molecule has 1 unspecified atom stereocenters. The molecule has 0 radical (unpaired) electrons. The molecule has 0 bridgehead atoms. The first-order valence-electron chi connectivity index (χ1n) is 6.06. The van der Waals surface area contributed by atoms with Crippen LogP contribution in [0.3, 0.4) is 0 Å². The van der Waals surface area contributed by atoms with E-state index in [4.69, 9.17) is 4.42 Å². The van der Waals surface area contributed by atoms with Crippen molar-refractivity contribution in [2.45, 2.75) is 23.9 Å². The van der Waals surface area contributed by atoms with Gasteiger partial charge in [-0.3, -0.25) is 0 Å². The number of nitrogens with one attached hydrogen (secondary N) is 2. The zero-order valence-corrected chi connectivity index (χ0v) is 13.3. The van der Waals surface area contributed by atoms with Crippen LogP contribution in [-0.4, -0.2) is 46.5 Å². The largest absolute Gasteiger partial charge is 0.452 e. The number of hydrogen-bond acceptors (Lipinski definition) is 5. The molecule has 6 nitrogen and oxygen atoms in total. The molecule has 108 valence electrons. The van der Waals surface area contributed by atoms with Gasteiger partial charge in [-0.15, -0.1) is 0 Å². The van der Waals surface area contributed by atoms with Crippen molar-refractivity contribution in [2.75, 3.05) is 27.2 Å². The Morgan fingerprint density at radius 1 is 1.58 bits per heavy atom. The highest BCUT2D eigenvalue weighted by Gasteiger charge is 2.28. The van der Waals surface area contributed by atoms with Gasteiger partial charge in [0.2, 0.25) is 10.0 Å². The molecule has 0 aliphatic carbocycles. The summed E-state index contributed by atoms with van der Waals surface area (Å²) in [6.07, 6.45) is 0.828. The highest BCUT2D eigenvalue weighted by Crippen LogP contribution is 2.26. The summed E-state index contributed by atoms with van der Waals surface area (Å²) in [6.45, 7) is 2.13. The van der Waals surface area contributed by atoms with Crippen LogP contribution >= 0.6 is 15.9 Å². The van der Waals surface area contributed by atoms with Gasteiger partial charge in [0.25, 0.3) is 0 Å². The average Bonchev–Trinajstić information content (AvgIpc) is 2.86. The lowest BCUT2D eigenvalue weighted by molar-refractivity contribution is 0.407. The van der Waals surface area contributed by atoms with Crippen LogP contribution in [0.1, 0.15) is 12.2 Å². The summed E-state index contributed by atoms with van der Waals surface area (Å²) in [6, 6.07) is 1.51. The Morgan fingerprint density at radius 2 is 2.32 bits per heavy atom. The van der Waals surface area contributed by atoms with E-state index in [-0.39, 0.29) is 15.6 Å². The smallest absolute Gasteiger partial charge is 0.245 e. The van der Waals surface area contributed by atoms with E-state index in [1.807, 2.05) is 7.05 Å². The first-order chi connectivity index (χ1) is 8.92. The SMILES string of the molecule is CNCc1cc(S(=O)(=O)NC2CCN(C)C2)c(Br)o1. The standard InChI is InChI=1S/C11H18BrN3O3S/c1-13-6-9-5-10(11(12)18-9)19(16,17)14-8-3-4-15(2)7-8/h5,8,13-14H,3-4,6-7H2,1-2H3. The first kappa shape index (κ1) is 15.0. The van der Waals surface area contributed by atoms with E-state index >= 15 is 0 Å². The summed E-state index contributed by atoms with van der Waals surface area (Å²) >= 11 is 3.16. The number of hydrogen-bond donors (Lipinski definition) is 2. The van der Waals surface area contributed by atoms with Crippen LogP contribution in [0.25, 0.3) is 0 Å². The molecule has 1 aromatic heterocycles. The van der Waals surface area contributed by atoms with Crippen LogP contribution < -0.4 is 10.0 Å². The lowest BCUT2D eigenvalue weighted by Crippen LogP contribution is -2.36. The predicted molar refractivity (Wildman–Crippen MR) is 75.4 cm³/mol. The molecule has 0 amide bonds. The minimum absolute atomic E-state index is 0.0375. The Morgan fingerprint density at radius 3 is 2.89 bits per heavy atom. The number of furan rings is 1. The molecule has 2 heterocycles. The average molecular weight is 352 g/mol. The fourth-order valence-corrected chi connectivity index (χ4v) is 4.42. The highest BCUT2D eigenvalue weighted by atomic mass is 79.9. The van der Waals surface area contributed by atoms with Crippen LogP contribution in [0.5, 0.6) is 0 Å². The third-order valence-corrected chi connectivity index (χ3v) is 5.44. The van der Waals surface area contributed by atoms with Gasteiger partial charge < -0.3 is 14.6 Å². The minimum Gasteiger partial charge on any atom is -0.452 e. The van der Waals surface area contributed by atoms with Crippen molar-refractivity contribution in [3.63, 3.8) is 0 Å². The Hall–Kier alpha value is -0.410. The third-order valence-electron chi connectivity index (χ3n) is 3.06. The lowest BCUT2D eigenvalue weighted by atomic mass is 10.3. The second-order valence-electron chi connectivity index (χ2n) is 4.75. The van der Waals surface area contributed by atoms with Crippen molar-refractivity contribution in [3.05, 3.63) is 16.5 Å². The van der Waals surface area contributed by atoms with E-state index in [1.54, 1.807) is 13.1 Å². The zero-order chi connectivity index (χ0) is 14.0. The fraction of sp³-hybridized carbons (Fsp3) is 0.636. The summed E-state index contributed by atoms with van der Waals surface area (Å²) in [5, 5.41) is 2.92. The zero-order valence-electron chi connectivity index (χ0n) is 10.9. The molecule has 0 spiro atoms. The van der Waals surface area contributed by atoms with Crippen LogP contribution in [0.4, 0.5) is 0 Å². The minimum atomic E-state index is -3.54. The predicted octanol–water partition coefficient (Wildman–Crippen LogP) is 0.744. The number of halogens is 1. The quantitative estimate of drug-likeness (QED) is 0.818. The molecule has 19 heavy (non-hydrogen) atoms. The van der Waals surface area contributed by atoms with E-state index in [0.29, 0.717) is 12.3 Å². The molecule has 2 rings (SSSR count). The molecular formula is C11H18BrN3O3S. The normalized spacial score (nSPS) is 21.1. The van der Waals surface area contributed by atoms with Gasteiger partial charge >= 0.3 is 0 Å². The Labute approximate surface area is 121 Å². The number of nitrogens with zero attached hydrogens (tertiary/aromatic N) is 1. The summed E-state index contributed by atoms with van der Waals surface area (Å²) in [5.41, 5.74) is 0. The second kappa shape index (κ2) is 5.92. The molecule has 8 heteroatoms. The number of likely N-dealkylation sites (tertiary alicyclic amines) is 1. The topological polar surface area (TPSA) is 74.6 Å². The van der Waals surface area contributed by atoms with Crippen molar-refractivity contribution < 1.29 is 12.8 Å². The Kier molecular flexibility index (Phi) is 4.67. The first-order valence-corrected chi connectivity index (χ1v) is 8.33. The van der Waals surface area contributed by atoms with Crippen LogP contribution in [0, 0.1) is 0 Å². The molecule has 1 fully saturated rings. The summed E-state index contributed by atoms with van der Waals surface area (Å²) < 4.78 is 32.9. The van der Waals surface area contributed by atoms with Crippen molar-refractivity contribution in [1.29, 1.82) is 0 Å². The molecule has 1 aromatic rings. The Bertz CT molecular complexity index is 543. The van der Waals surface area contributed by atoms with Crippen LogP contribution in [0.2, 0.25) is 0 Å². The van der Waals surface area contributed by atoms with Gasteiger partial charge in [0.15, 0.2) is 4.67 Å². The molecule has 0 saturated carbocycles. The molecule has 0 aromatic carbocycles. The van der Waals surface area contributed by atoms with Crippen LogP contribution in [-0.2, 0) is 16.6 Å². The monoisotopic (exact) mass is 351 g/mol. The van der Waals surface area contributed by atoms with Gasteiger partial charge in [-0.05, 0) is 43.0 Å². The van der Waals surface area contributed by atoms with Crippen molar-refractivity contribution in [3.8, 4) is 0 Å². The highest BCUT2D eigenvalue weighted by molar-refractivity contribution is 9.10. The molecular weight excluding hydrogens is 334 g/mol. The molecule has 1 saturated heterocycles.